The first-order chi connectivity index (χ1) is 9.79. The zero-order valence-electron chi connectivity index (χ0n) is 11.2. The summed E-state index contributed by atoms with van der Waals surface area (Å²) in [6.45, 7) is 1.68. The van der Waals surface area contributed by atoms with E-state index in [1.807, 2.05) is 47.5 Å². The zero-order chi connectivity index (χ0) is 13.8. The predicted molar refractivity (Wildman–Crippen MR) is 79.6 cm³/mol. The summed E-state index contributed by atoms with van der Waals surface area (Å²) in [5, 5.41) is 6.26. The van der Waals surface area contributed by atoms with Gasteiger partial charge in [0.2, 0.25) is 0 Å². The van der Waals surface area contributed by atoms with Crippen LogP contribution in [-0.4, -0.2) is 17.4 Å². The fourth-order valence-corrected chi connectivity index (χ4v) is 2.14. The fourth-order valence-electron chi connectivity index (χ4n) is 2.14. The van der Waals surface area contributed by atoms with Crippen molar-refractivity contribution in [1.29, 1.82) is 0 Å². The van der Waals surface area contributed by atoms with Gasteiger partial charge in [-0.2, -0.15) is 5.10 Å². The molecule has 0 amide bonds. The molecule has 2 aromatic carbocycles. The number of ether oxygens (including phenoxy) is 1. The van der Waals surface area contributed by atoms with Gasteiger partial charge in [-0.15, -0.1) is 0 Å². The van der Waals surface area contributed by atoms with Crippen LogP contribution in [0, 0.1) is 0 Å². The first-order valence-corrected chi connectivity index (χ1v) is 6.69. The molecule has 102 valence electrons. The molecule has 0 unspecified atom stereocenters. The van der Waals surface area contributed by atoms with E-state index in [1.54, 1.807) is 0 Å². The molecule has 0 spiro atoms. The Kier molecular flexibility index (Phi) is 3.54. The van der Waals surface area contributed by atoms with Crippen molar-refractivity contribution in [3.63, 3.8) is 0 Å². The van der Waals surface area contributed by atoms with Crippen LogP contribution < -0.4 is 10.5 Å². The quantitative estimate of drug-likeness (QED) is 0.926. The number of hydrazone groups is 1. The molecular weight excluding hydrogens is 250 g/mol. The van der Waals surface area contributed by atoms with E-state index in [-0.39, 0.29) is 0 Å². The van der Waals surface area contributed by atoms with Crippen LogP contribution in [-0.2, 0) is 6.54 Å². The van der Waals surface area contributed by atoms with Crippen LogP contribution in [0.4, 0.5) is 0 Å². The smallest absolute Gasteiger partial charge is 0.127 e. The third-order valence-electron chi connectivity index (χ3n) is 3.16. The lowest BCUT2D eigenvalue weighted by Crippen LogP contribution is -2.13. The lowest BCUT2D eigenvalue weighted by Gasteiger charge is -2.13. The molecule has 3 rings (SSSR count). The molecule has 1 aliphatic heterocycles. The Balaban J connectivity index is 1.63. The Morgan fingerprint density at radius 1 is 1.00 bits per heavy atom. The molecule has 4 nitrogen and oxygen atoms in total. The Bertz CT molecular complexity index is 593. The minimum atomic E-state index is 0.717. The van der Waals surface area contributed by atoms with Gasteiger partial charge in [-0.25, -0.2) is 0 Å². The Morgan fingerprint density at radius 2 is 1.70 bits per heavy atom. The van der Waals surface area contributed by atoms with Crippen LogP contribution in [0.25, 0.3) is 0 Å². The monoisotopic (exact) mass is 267 g/mol. The van der Waals surface area contributed by atoms with Crippen LogP contribution in [0.1, 0.15) is 12.0 Å². The summed E-state index contributed by atoms with van der Waals surface area (Å²) in [6, 6.07) is 17.8. The maximum atomic E-state index is 5.76. The van der Waals surface area contributed by atoms with Crippen molar-refractivity contribution in [3.8, 4) is 11.5 Å². The van der Waals surface area contributed by atoms with Crippen molar-refractivity contribution in [1.82, 2.24) is 5.01 Å². The molecule has 1 heterocycles. The Morgan fingerprint density at radius 3 is 2.35 bits per heavy atom. The van der Waals surface area contributed by atoms with Crippen LogP contribution in [0.15, 0.2) is 59.7 Å². The minimum absolute atomic E-state index is 0.717. The summed E-state index contributed by atoms with van der Waals surface area (Å²) >= 11 is 0. The van der Waals surface area contributed by atoms with Crippen molar-refractivity contribution in [2.24, 2.45) is 10.8 Å². The van der Waals surface area contributed by atoms with E-state index in [0.29, 0.717) is 5.84 Å². The highest BCUT2D eigenvalue weighted by Crippen LogP contribution is 2.21. The maximum absolute atomic E-state index is 5.76. The fraction of sp³-hybridized carbons (Fsp3) is 0.188. The van der Waals surface area contributed by atoms with Crippen LogP contribution in [0.3, 0.4) is 0 Å². The standard InChI is InChI=1S/C16H17N3O/c17-16-10-11-19(18-16)12-13-6-8-15(9-7-13)20-14-4-2-1-3-5-14/h1-9H,10-12H2,(H2,17,18). The average Bonchev–Trinajstić information content (AvgIpc) is 2.88. The van der Waals surface area contributed by atoms with Gasteiger partial charge in [0.15, 0.2) is 0 Å². The Labute approximate surface area is 118 Å². The molecule has 0 saturated heterocycles. The summed E-state index contributed by atoms with van der Waals surface area (Å²) in [5.74, 6) is 2.40. The third-order valence-corrected chi connectivity index (χ3v) is 3.16. The molecule has 2 N–H and O–H groups in total. The second-order valence-electron chi connectivity index (χ2n) is 4.79. The number of amidine groups is 1. The summed E-state index contributed by atoms with van der Waals surface area (Å²) in [6.07, 6.45) is 0.856. The van der Waals surface area contributed by atoms with E-state index in [1.165, 1.54) is 5.56 Å². The maximum Gasteiger partial charge on any atom is 0.127 e. The lowest BCUT2D eigenvalue weighted by molar-refractivity contribution is 0.310. The second kappa shape index (κ2) is 5.65. The highest BCUT2D eigenvalue weighted by atomic mass is 16.5. The topological polar surface area (TPSA) is 50.8 Å². The normalized spacial score (nSPS) is 14.2. The van der Waals surface area contributed by atoms with Gasteiger partial charge >= 0.3 is 0 Å². The van der Waals surface area contributed by atoms with Gasteiger partial charge in [0.05, 0.1) is 6.54 Å². The van der Waals surface area contributed by atoms with Crippen LogP contribution in [0.5, 0.6) is 11.5 Å². The zero-order valence-corrected chi connectivity index (χ0v) is 11.2. The van der Waals surface area contributed by atoms with Crippen molar-refractivity contribution < 1.29 is 4.74 Å². The van der Waals surface area contributed by atoms with Gasteiger partial charge in [-0.05, 0) is 29.8 Å². The molecule has 1 aliphatic rings. The highest BCUT2D eigenvalue weighted by molar-refractivity contribution is 5.81. The van der Waals surface area contributed by atoms with E-state index < -0.39 is 0 Å². The molecular formula is C16H17N3O. The molecule has 0 atom stereocenters. The first kappa shape index (κ1) is 12.5. The van der Waals surface area contributed by atoms with Gasteiger partial charge < -0.3 is 10.5 Å². The first-order valence-electron chi connectivity index (χ1n) is 6.69. The minimum Gasteiger partial charge on any atom is -0.457 e. The van der Waals surface area contributed by atoms with Crippen LogP contribution >= 0.6 is 0 Å². The third kappa shape index (κ3) is 3.09. The average molecular weight is 267 g/mol. The number of benzene rings is 2. The molecule has 4 heteroatoms. The lowest BCUT2D eigenvalue weighted by atomic mass is 10.2. The molecule has 0 aromatic heterocycles. The molecule has 0 bridgehead atoms. The Hall–Kier alpha value is -2.49. The number of nitrogens with two attached hydrogens (primary N) is 1. The van der Waals surface area contributed by atoms with Gasteiger partial charge in [-0.1, -0.05) is 30.3 Å². The van der Waals surface area contributed by atoms with Crippen molar-refractivity contribution >= 4 is 5.84 Å². The number of para-hydroxylation sites is 1. The summed E-state index contributed by atoms with van der Waals surface area (Å²) in [5.41, 5.74) is 6.88. The molecule has 0 saturated carbocycles. The predicted octanol–water partition coefficient (Wildman–Crippen LogP) is 2.96. The largest absolute Gasteiger partial charge is 0.457 e. The molecule has 20 heavy (non-hydrogen) atoms. The van der Waals surface area contributed by atoms with Gasteiger partial charge in [0, 0.05) is 13.0 Å². The highest BCUT2D eigenvalue weighted by Gasteiger charge is 2.11. The summed E-state index contributed by atoms with van der Waals surface area (Å²) < 4.78 is 5.76. The van der Waals surface area contributed by atoms with Crippen molar-refractivity contribution in [2.45, 2.75) is 13.0 Å². The van der Waals surface area contributed by atoms with Crippen LogP contribution in [0.2, 0.25) is 0 Å². The number of hydrogen-bond donors (Lipinski definition) is 1. The SMILES string of the molecule is NC1=NN(Cc2ccc(Oc3ccccc3)cc2)CC1. The van der Waals surface area contributed by atoms with E-state index in [9.17, 15) is 0 Å². The van der Waals surface area contributed by atoms with E-state index >= 15 is 0 Å². The van der Waals surface area contributed by atoms with E-state index in [4.69, 9.17) is 10.5 Å². The summed E-state index contributed by atoms with van der Waals surface area (Å²) in [7, 11) is 0. The van der Waals surface area contributed by atoms with Gasteiger partial charge in [-0.3, -0.25) is 5.01 Å². The molecule has 0 aliphatic carbocycles. The number of nitrogens with zero attached hydrogens (tertiary/aromatic N) is 2. The number of hydrogen-bond acceptors (Lipinski definition) is 4. The van der Waals surface area contributed by atoms with E-state index in [2.05, 4.69) is 17.2 Å². The molecule has 2 aromatic rings. The number of rotatable bonds is 4. The van der Waals surface area contributed by atoms with E-state index in [0.717, 1.165) is 31.0 Å². The van der Waals surface area contributed by atoms with Crippen molar-refractivity contribution in [3.05, 3.63) is 60.2 Å². The molecule has 0 fully saturated rings. The van der Waals surface area contributed by atoms with Crippen molar-refractivity contribution in [2.75, 3.05) is 6.54 Å². The molecule has 0 radical (unpaired) electrons. The summed E-state index contributed by atoms with van der Waals surface area (Å²) in [4.78, 5) is 0. The van der Waals surface area contributed by atoms with Gasteiger partial charge in [0.1, 0.15) is 17.3 Å². The van der Waals surface area contributed by atoms with Gasteiger partial charge in [0.25, 0.3) is 0 Å². The second-order valence-corrected chi connectivity index (χ2v) is 4.79.